The quantitative estimate of drug-likeness (QED) is 0.585. The normalized spacial score (nSPS) is 9.55. The summed E-state index contributed by atoms with van der Waals surface area (Å²) in [6, 6.07) is 14.1. The molecule has 5 nitrogen and oxygen atoms in total. The van der Waals surface area contributed by atoms with Crippen molar-refractivity contribution in [3.8, 4) is 12.8 Å². The minimum atomic E-state index is -0.0971. The van der Waals surface area contributed by atoms with E-state index in [1.165, 1.54) is 11.1 Å². The average molecular weight is 411 g/mol. The van der Waals surface area contributed by atoms with Crippen LogP contribution >= 0.6 is 11.3 Å². The fraction of sp³-hybridized carbons (Fsp3) is 0.304. The van der Waals surface area contributed by atoms with Gasteiger partial charge in [0.05, 0.1) is 5.69 Å². The molecule has 0 aliphatic heterocycles. The number of aryl methyl sites for hydroxylation is 1. The summed E-state index contributed by atoms with van der Waals surface area (Å²) < 4.78 is 0. The highest BCUT2D eigenvalue weighted by Crippen LogP contribution is 2.12. The Bertz CT molecular complexity index is 873. The van der Waals surface area contributed by atoms with Gasteiger partial charge in [0.1, 0.15) is 0 Å². The molecule has 6 heteroatoms. The van der Waals surface area contributed by atoms with E-state index >= 15 is 0 Å². The summed E-state index contributed by atoms with van der Waals surface area (Å²) in [7, 11) is 5.72. The molecular weight excluding hydrogens is 380 g/mol. The summed E-state index contributed by atoms with van der Waals surface area (Å²) in [5.74, 6) is 0.640. The number of terminal acetylenes is 1. The second-order valence-corrected chi connectivity index (χ2v) is 7.16. The van der Waals surface area contributed by atoms with Crippen LogP contribution in [0, 0.1) is 12.8 Å². The first kappa shape index (κ1) is 24.2. The lowest BCUT2D eigenvalue weighted by Crippen LogP contribution is -2.25. The first-order valence-corrected chi connectivity index (χ1v) is 10.3. The number of benzene rings is 1. The van der Waals surface area contributed by atoms with Crippen molar-refractivity contribution in [1.82, 2.24) is 15.3 Å². The third kappa shape index (κ3) is 9.24. The number of H-pyrrole nitrogens is 1. The zero-order chi connectivity index (χ0) is 21.5. The fourth-order valence-corrected chi connectivity index (χ4v) is 3.31. The predicted molar refractivity (Wildman–Crippen MR) is 125 cm³/mol. The van der Waals surface area contributed by atoms with E-state index in [-0.39, 0.29) is 5.56 Å². The number of nitrogens with zero attached hydrogens (tertiary/aromatic N) is 2. The molecule has 0 saturated heterocycles. The van der Waals surface area contributed by atoms with E-state index in [0.717, 1.165) is 25.1 Å². The third-order valence-corrected chi connectivity index (χ3v) is 4.64. The molecule has 2 N–H and O–H groups in total. The van der Waals surface area contributed by atoms with E-state index < -0.39 is 0 Å². The van der Waals surface area contributed by atoms with Gasteiger partial charge < -0.3 is 10.2 Å². The van der Waals surface area contributed by atoms with Crippen LogP contribution in [0.1, 0.15) is 23.2 Å². The van der Waals surface area contributed by atoms with Gasteiger partial charge in [-0.25, -0.2) is 4.98 Å². The number of hydrogen-bond acceptors (Lipinski definition) is 5. The number of anilines is 1. The van der Waals surface area contributed by atoms with Crippen LogP contribution < -0.4 is 15.8 Å². The molecule has 0 amide bonds. The summed E-state index contributed by atoms with van der Waals surface area (Å²) >= 11 is 1.66. The number of rotatable bonds is 7. The van der Waals surface area contributed by atoms with E-state index in [1.54, 1.807) is 17.4 Å². The summed E-state index contributed by atoms with van der Waals surface area (Å²) in [4.78, 5) is 21.4. The van der Waals surface area contributed by atoms with E-state index in [4.69, 9.17) is 0 Å². The lowest BCUT2D eigenvalue weighted by atomic mass is 10.1. The molecule has 2 aromatic heterocycles. The Morgan fingerprint density at radius 1 is 1.14 bits per heavy atom. The number of hydrogen-bond donors (Lipinski definition) is 2. The fourth-order valence-electron chi connectivity index (χ4n) is 2.64. The van der Waals surface area contributed by atoms with Crippen LogP contribution in [-0.4, -0.2) is 37.7 Å². The lowest BCUT2D eigenvalue weighted by molar-refractivity contribution is 0.760. The predicted octanol–water partition coefficient (Wildman–Crippen LogP) is 3.58. The molecule has 0 spiro atoms. The molecule has 154 valence electrons. The Morgan fingerprint density at radius 2 is 1.83 bits per heavy atom. The maximum atomic E-state index is 11.9. The van der Waals surface area contributed by atoms with Crippen molar-refractivity contribution in [2.45, 2.75) is 19.3 Å². The third-order valence-electron chi connectivity index (χ3n) is 3.91. The Morgan fingerprint density at radius 3 is 2.45 bits per heavy atom. The average Bonchev–Trinajstić information content (AvgIpc) is 3.23. The topological polar surface area (TPSA) is 61.0 Å². The molecule has 0 aliphatic rings. The van der Waals surface area contributed by atoms with Gasteiger partial charge in [0.25, 0.3) is 5.56 Å². The second kappa shape index (κ2) is 14.2. The molecule has 0 aliphatic carbocycles. The summed E-state index contributed by atoms with van der Waals surface area (Å²) in [5, 5.41) is 6.88. The molecule has 0 fully saturated rings. The highest BCUT2D eigenvalue weighted by Gasteiger charge is 2.07. The van der Waals surface area contributed by atoms with Gasteiger partial charge in [0.15, 0.2) is 0 Å². The van der Waals surface area contributed by atoms with Gasteiger partial charge in [-0.1, -0.05) is 30.3 Å². The van der Waals surface area contributed by atoms with E-state index in [1.807, 2.05) is 37.5 Å². The lowest BCUT2D eigenvalue weighted by Gasteiger charge is -2.18. The Labute approximate surface area is 177 Å². The minimum Gasteiger partial charge on any atom is -0.345 e. The van der Waals surface area contributed by atoms with Gasteiger partial charge in [-0.2, -0.15) is 11.3 Å². The van der Waals surface area contributed by atoms with Crippen LogP contribution in [-0.2, 0) is 12.8 Å². The SMILES string of the molecule is C#C.CN(CCCc1ccccc1)c1nc(Cc2ccsc2)cc(=O)[nH]1.CNC. The monoisotopic (exact) mass is 410 g/mol. The van der Waals surface area contributed by atoms with Crippen molar-refractivity contribution in [2.75, 3.05) is 32.6 Å². The first-order valence-electron chi connectivity index (χ1n) is 9.40. The number of thiophene rings is 1. The molecular formula is C23H30N4OS. The van der Waals surface area contributed by atoms with Crippen LogP contribution in [0.15, 0.2) is 58.0 Å². The number of aromatic nitrogens is 2. The second-order valence-electron chi connectivity index (χ2n) is 6.38. The highest BCUT2D eigenvalue weighted by atomic mass is 32.1. The molecule has 3 rings (SSSR count). The van der Waals surface area contributed by atoms with Gasteiger partial charge in [-0.15, -0.1) is 12.8 Å². The van der Waals surface area contributed by atoms with Crippen LogP contribution in [0.5, 0.6) is 0 Å². The molecule has 0 bridgehead atoms. The van der Waals surface area contributed by atoms with Crippen LogP contribution in [0.3, 0.4) is 0 Å². The van der Waals surface area contributed by atoms with Crippen molar-refractivity contribution in [1.29, 1.82) is 0 Å². The molecule has 0 saturated carbocycles. The molecule has 0 unspecified atom stereocenters. The van der Waals surface area contributed by atoms with Crippen molar-refractivity contribution >= 4 is 17.3 Å². The molecule has 1 aromatic carbocycles. The molecule has 2 heterocycles. The standard InChI is InChI=1S/C19H21N3OS.C2H7N.C2H2/c1-22(10-5-8-15-6-3-2-4-7-15)19-20-17(13-18(23)21-19)12-16-9-11-24-14-16;1-3-2;1-2/h2-4,6-7,9,11,13-14H,5,8,10,12H2,1H3,(H,20,21,23);3H,1-2H3;1-2H. The maximum Gasteiger partial charge on any atom is 0.252 e. The molecule has 29 heavy (non-hydrogen) atoms. The summed E-state index contributed by atoms with van der Waals surface area (Å²) in [6.07, 6.45) is 10.7. The van der Waals surface area contributed by atoms with Crippen LogP contribution in [0.25, 0.3) is 0 Å². The molecule has 0 radical (unpaired) electrons. The Hall–Kier alpha value is -2.88. The Kier molecular flexibility index (Phi) is 11.8. The van der Waals surface area contributed by atoms with Gasteiger partial charge >= 0.3 is 0 Å². The van der Waals surface area contributed by atoms with Gasteiger partial charge in [-0.3, -0.25) is 9.78 Å². The van der Waals surface area contributed by atoms with Crippen LogP contribution in [0.2, 0.25) is 0 Å². The minimum absolute atomic E-state index is 0.0971. The molecule has 0 atom stereocenters. The zero-order valence-corrected chi connectivity index (χ0v) is 18.2. The summed E-state index contributed by atoms with van der Waals surface area (Å²) in [6.45, 7) is 0.847. The van der Waals surface area contributed by atoms with Gasteiger partial charge in [0.2, 0.25) is 5.95 Å². The first-order chi connectivity index (χ1) is 14.1. The van der Waals surface area contributed by atoms with E-state index in [0.29, 0.717) is 12.4 Å². The van der Waals surface area contributed by atoms with Crippen molar-refractivity contribution in [3.05, 3.63) is 80.4 Å². The van der Waals surface area contributed by atoms with Gasteiger partial charge in [0, 0.05) is 26.1 Å². The summed E-state index contributed by atoms with van der Waals surface area (Å²) in [5.41, 5.74) is 3.23. The Balaban J connectivity index is 0.000000771. The largest absolute Gasteiger partial charge is 0.345 e. The zero-order valence-electron chi connectivity index (χ0n) is 17.4. The van der Waals surface area contributed by atoms with Crippen LogP contribution in [0.4, 0.5) is 5.95 Å². The maximum absolute atomic E-state index is 11.9. The smallest absolute Gasteiger partial charge is 0.252 e. The van der Waals surface area contributed by atoms with Crippen molar-refractivity contribution < 1.29 is 0 Å². The van der Waals surface area contributed by atoms with Crippen molar-refractivity contribution in [2.24, 2.45) is 0 Å². The van der Waals surface area contributed by atoms with Gasteiger partial charge in [-0.05, 0) is 54.9 Å². The van der Waals surface area contributed by atoms with E-state index in [9.17, 15) is 4.79 Å². The molecule has 3 aromatic rings. The number of nitrogens with one attached hydrogen (secondary N) is 2. The van der Waals surface area contributed by atoms with E-state index in [2.05, 4.69) is 63.8 Å². The van der Waals surface area contributed by atoms with Crippen molar-refractivity contribution in [3.63, 3.8) is 0 Å². The number of aromatic amines is 1. The highest BCUT2D eigenvalue weighted by molar-refractivity contribution is 7.07.